The highest BCUT2D eigenvalue weighted by Crippen LogP contribution is 2.25. The van der Waals surface area contributed by atoms with Crippen LogP contribution in [0.1, 0.15) is 65.7 Å². The summed E-state index contributed by atoms with van der Waals surface area (Å²) in [6.07, 6.45) is 10.2. The first-order chi connectivity index (χ1) is 10.3. The highest BCUT2D eigenvalue weighted by molar-refractivity contribution is 7.59. The van der Waals surface area contributed by atoms with E-state index in [1.54, 1.807) is 0 Å². The molecule has 1 aliphatic rings. The summed E-state index contributed by atoms with van der Waals surface area (Å²) in [4.78, 5) is 0. The highest BCUT2D eigenvalue weighted by atomic mass is 32.1. The lowest BCUT2D eigenvalue weighted by atomic mass is 9.88. The molecule has 0 aromatic heterocycles. The molecule has 1 heteroatoms. The fraction of sp³-hybridized carbons (Fsp3) is 0.524. The molecule has 0 aliphatic heterocycles. The van der Waals surface area contributed by atoms with Crippen LogP contribution < -0.4 is 0 Å². The standard InChI is InChI=1S/C10H8.C8H16.C3H8.H2S/c1-2-6-10-8-4-3-7-9(10)5-1;1-2-8-6-4-3-5-7-8;1-3-2;/h1-8H;8H,2-7H2,1H3;3H2,1-2H3;1H2. The van der Waals surface area contributed by atoms with Gasteiger partial charge in [0.15, 0.2) is 0 Å². The van der Waals surface area contributed by atoms with E-state index in [1.807, 2.05) is 0 Å². The molecule has 0 bridgehead atoms. The smallest absolute Gasteiger partial charge is 0.0184 e. The van der Waals surface area contributed by atoms with Gasteiger partial charge in [-0.3, -0.25) is 0 Å². The third-order valence-corrected chi connectivity index (χ3v) is 3.96. The summed E-state index contributed by atoms with van der Waals surface area (Å²) >= 11 is 0. The molecule has 22 heavy (non-hydrogen) atoms. The van der Waals surface area contributed by atoms with E-state index < -0.39 is 0 Å². The summed E-state index contributed by atoms with van der Waals surface area (Å²) in [6, 6.07) is 16.7. The van der Waals surface area contributed by atoms with Crippen molar-refractivity contribution in [1.82, 2.24) is 0 Å². The maximum atomic E-state index is 2.32. The zero-order valence-electron chi connectivity index (χ0n) is 14.6. The van der Waals surface area contributed by atoms with Gasteiger partial charge in [0, 0.05) is 0 Å². The van der Waals surface area contributed by atoms with Gasteiger partial charge in [-0.1, -0.05) is 114 Å². The SMILES string of the molecule is CCC.CCC1CCCCC1.S.c1ccc2ccccc2c1. The molecule has 1 saturated carbocycles. The predicted octanol–water partition coefficient (Wildman–Crippen LogP) is 7.35. The molecular weight excluding hydrogens is 284 g/mol. The number of rotatable bonds is 1. The van der Waals surface area contributed by atoms with E-state index in [0.29, 0.717) is 0 Å². The first kappa shape index (κ1) is 21.0. The molecule has 1 fully saturated rings. The monoisotopic (exact) mass is 318 g/mol. The minimum absolute atomic E-state index is 0. The fourth-order valence-corrected chi connectivity index (χ4v) is 2.73. The second-order valence-corrected chi connectivity index (χ2v) is 5.97. The lowest BCUT2D eigenvalue weighted by Gasteiger charge is -2.18. The predicted molar refractivity (Wildman–Crippen MR) is 107 cm³/mol. The van der Waals surface area contributed by atoms with Crippen LogP contribution in [0.25, 0.3) is 10.8 Å². The van der Waals surface area contributed by atoms with Gasteiger partial charge in [-0.15, -0.1) is 0 Å². The second kappa shape index (κ2) is 13.7. The molecule has 0 nitrogen and oxygen atoms in total. The van der Waals surface area contributed by atoms with Gasteiger partial charge in [-0.05, 0) is 16.7 Å². The molecule has 0 atom stereocenters. The van der Waals surface area contributed by atoms with E-state index >= 15 is 0 Å². The molecule has 124 valence electrons. The van der Waals surface area contributed by atoms with Crippen molar-refractivity contribution in [1.29, 1.82) is 0 Å². The van der Waals surface area contributed by atoms with E-state index in [9.17, 15) is 0 Å². The Morgan fingerprint density at radius 3 is 1.36 bits per heavy atom. The molecule has 2 aromatic carbocycles. The van der Waals surface area contributed by atoms with Crippen LogP contribution in [0.5, 0.6) is 0 Å². The molecule has 1 aliphatic carbocycles. The Balaban J connectivity index is 0.000000335. The Bertz CT molecular complexity index is 407. The zero-order chi connectivity index (χ0) is 15.3. The molecule has 0 spiro atoms. The van der Waals surface area contributed by atoms with Crippen LogP contribution in [0.3, 0.4) is 0 Å². The van der Waals surface area contributed by atoms with Crippen LogP contribution >= 0.6 is 13.5 Å². The molecule has 0 unspecified atom stereocenters. The second-order valence-electron chi connectivity index (χ2n) is 5.97. The molecule has 0 heterocycles. The number of hydrogen-bond acceptors (Lipinski definition) is 0. The number of fused-ring (bicyclic) bond motifs is 1. The average molecular weight is 319 g/mol. The van der Waals surface area contributed by atoms with E-state index in [0.717, 1.165) is 5.92 Å². The Morgan fingerprint density at radius 2 is 1.09 bits per heavy atom. The minimum Gasteiger partial charge on any atom is -0.197 e. The molecular formula is C21H34S. The summed E-state index contributed by atoms with van der Waals surface area (Å²) in [6.45, 7) is 6.57. The molecule has 3 rings (SSSR count). The molecule has 0 saturated heterocycles. The van der Waals surface area contributed by atoms with Gasteiger partial charge >= 0.3 is 0 Å². The van der Waals surface area contributed by atoms with Crippen LogP contribution in [-0.4, -0.2) is 0 Å². The van der Waals surface area contributed by atoms with Gasteiger partial charge in [-0.2, -0.15) is 13.5 Å². The van der Waals surface area contributed by atoms with Crippen LogP contribution in [-0.2, 0) is 0 Å². The van der Waals surface area contributed by atoms with Crippen molar-refractivity contribution < 1.29 is 0 Å². The van der Waals surface area contributed by atoms with Crippen molar-refractivity contribution >= 4 is 24.3 Å². The maximum absolute atomic E-state index is 2.32. The van der Waals surface area contributed by atoms with Crippen molar-refractivity contribution in [3.8, 4) is 0 Å². The maximum Gasteiger partial charge on any atom is -0.0184 e. The van der Waals surface area contributed by atoms with Crippen LogP contribution in [0.15, 0.2) is 48.5 Å². The van der Waals surface area contributed by atoms with Gasteiger partial charge < -0.3 is 0 Å². The van der Waals surface area contributed by atoms with Crippen molar-refractivity contribution in [3.05, 3.63) is 48.5 Å². The van der Waals surface area contributed by atoms with Gasteiger partial charge in [0.1, 0.15) is 0 Å². The van der Waals surface area contributed by atoms with Gasteiger partial charge in [0.2, 0.25) is 0 Å². The summed E-state index contributed by atoms with van der Waals surface area (Å²) < 4.78 is 0. The van der Waals surface area contributed by atoms with Crippen LogP contribution in [0.4, 0.5) is 0 Å². The Kier molecular flexibility index (Phi) is 13.1. The van der Waals surface area contributed by atoms with E-state index in [4.69, 9.17) is 0 Å². The van der Waals surface area contributed by atoms with Gasteiger partial charge in [0.05, 0.1) is 0 Å². The lowest BCUT2D eigenvalue weighted by Crippen LogP contribution is -2.03. The minimum atomic E-state index is 0. The Morgan fingerprint density at radius 1 is 0.727 bits per heavy atom. The average Bonchev–Trinajstić information content (AvgIpc) is 2.57. The fourth-order valence-electron chi connectivity index (χ4n) is 2.73. The third-order valence-electron chi connectivity index (χ3n) is 3.96. The van der Waals surface area contributed by atoms with Gasteiger partial charge in [0.25, 0.3) is 0 Å². The number of hydrogen-bond donors (Lipinski definition) is 0. The molecule has 2 aromatic rings. The Hall–Kier alpha value is -0.950. The summed E-state index contributed by atoms with van der Waals surface area (Å²) in [7, 11) is 0. The van der Waals surface area contributed by atoms with Crippen LogP contribution in [0.2, 0.25) is 0 Å². The van der Waals surface area contributed by atoms with E-state index in [1.165, 1.54) is 55.7 Å². The molecule has 0 radical (unpaired) electrons. The van der Waals surface area contributed by atoms with Crippen molar-refractivity contribution in [3.63, 3.8) is 0 Å². The Labute approximate surface area is 144 Å². The lowest BCUT2D eigenvalue weighted by molar-refractivity contribution is 0.349. The third kappa shape index (κ3) is 8.48. The van der Waals surface area contributed by atoms with Crippen LogP contribution in [0, 0.1) is 5.92 Å². The normalized spacial score (nSPS) is 14.0. The molecule has 0 N–H and O–H groups in total. The first-order valence-corrected chi connectivity index (χ1v) is 8.75. The topological polar surface area (TPSA) is 0 Å². The van der Waals surface area contributed by atoms with Crippen molar-refractivity contribution in [2.24, 2.45) is 5.92 Å². The van der Waals surface area contributed by atoms with E-state index in [2.05, 4.69) is 69.3 Å². The zero-order valence-corrected chi connectivity index (χ0v) is 15.6. The first-order valence-electron chi connectivity index (χ1n) is 8.75. The summed E-state index contributed by atoms with van der Waals surface area (Å²) in [5, 5.41) is 2.62. The number of benzene rings is 2. The van der Waals surface area contributed by atoms with Crippen molar-refractivity contribution in [2.45, 2.75) is 65.7 Å². The summed E-state index contributed by atoms with van der Waals surface area (Å²) in [5.74, 6) is 1.09. The van der Waals surface area contributed by atoms with E-state index in [-0.39, 0.29) is 13.5 Å². The largest absolute Gasteiger partial charge is 0.197 e. The van der Waals surface area contributed by atoms with Crippen molar-refractivity contribution in [2.75, 3.05) is 0 Å². The highest BCUT2D eigenvalue weighted by Gasteiger charge is 2.09. The molecule has 0 amide bonds. The quantitative estimate of drug-likeness (QED) is 0.515. The summed E-state index contributed by atoms with van der Waals surface area (Å²) in [5.41, 5.74) is 0. The van der Waals surface area contributed by atoms with Gasteiger partial charge in [-0.25, -0.2) is 0 Å².